The average Bonchev–Trinajstić information content (AvgIpc) is 2.27. The molecule has 0 fully saturated rings. The van der Waals surface area contributed by atoms with E-state index in [4.69, 9.17) is 16.7 Å². The van der Waals surface area contributed by atoms with Gasteiger partial charge in [0, 0.05) is 4.47 Å². The van der Waals surface area contributed by atoms with E-state index >= 15 is 0 Å². The van der Waals surface area contributed by atoms with Crippen LogP contribution in [0.2, 0.25) is 5.02 Å². The van der Waals surface area contributed by atoms with Crippen LogP contribution in [0.15, 0.2) is 27.6 Å². The summed E-state index contributed by atoms with van der Waals surface area (Å²) >= 11 is 8.96. The molecular weight excluding hydrogens is 358 g/mol. The third-order valence-corrected chi connectivity index (χ3v) is 5.28. The highest BCUT2D eigenvalue weighted by Crippen LogP contribution is 2.29. The van der Waals surface area contributed by atoms with Crippen LogP contribution in [0.1, 0.15) is 19.8 Å². The van der Waals surface area contributed by atoms with Gasteiger partial charge in [-0.3, -0.25) is 4.79 Å². The first-order valence-corrected chi connectivity index (χ1v) is 8.14. The molecule has 19 heavy (non-hydrogen) atoms. The lowest BCUT2D eigenvalue weighted by Crippen LogP contribution is -2.40. The number of rotatable bonds is 6. The van der Waals surface area contributed by atoms with Crippen molar-refractivity contribution >= 4 is 43.5 Å². The minimum atomic E-state index is -4.00. The second-order valence-electron chi connectivity index (χ2n) is 3.85. The van der Waals surface area contributed by atoms with E-state index in [1.807, 2.05) is 0 Å². The summed E-state index contributed by atoms with van der Waals surface area (Å²) in [7, 11) is -4.00. The number of carboxylic acid groups (broad SMARTS) is 1. The Labute approximate surface area is 125 Å². The fraction of sp³-hybridized carbons (Fsp3) is 0.364. The van der Waals surface area contributed by atoms with Gasteiger partial charge >= 0.3 is 5.97 Å². The van der Waals surface area contributed by atoms with Gasteiger partial charge in [-0.1, -0.05) is 31.0 Å². The number of benzene rings is 1. The van der Waals surface area contributed by atoms with E-state index in [0.717, 1.165) is 0 Å². The van der Waals surface area contributed by atoms with Crippen LogP contribution in [0, 0.1) is 0 Å². The van der Waals surface area contributed by atoms with Gasteiger partial charge in [0.15, 0.2) is 0 Å². The molecule has 0 aliphatic rings. The molecule has 0 saturated heterocycles. The quantitative estimate of drug-likeness (QED) is 0.806. The highest BCUT2D eigenvalue weighted by atomic mass is 79.9. The van der Waals surface area contributed by atoms with E-state index < -0.39 is 22.0 Å². The van der Waals surface area contributed by atoms with Crippen LogP contribution in [0.4, 0.5) is 0 Å². The van der Waals surface area contributed by atoms with E-state index in [0.29, 0.717) is 6.42 Å². The summed E-state index contributed by atoms with van der Waals surface area (Å²) in [5, 5.41) is 9.01. The zero-order valence-corrected chi connectivity index (χ0v) is 13.2. The van der Waals surface area contributed by atoms with Crippen LogP contribution < -0.4 is 4.72 Å². The molecule has 0 aromatic heterocycles. The van der Waals surface area contributed by atoms with Gasteiger partial charge < -0.3 is 5.11 Å². The van der Waals surface area contributed by atoms with Crippen LogP contribution >= 0.6 is 27.5 Å². The van der Waals surface area contributed by atoms with Gasteiger partial charge in [-0.15, -0.1) is 0 Å². The molecule has 0 heterocycles. The van der Waals surface area contributed by atoms with Crippen molar-refractivity contribution in [2.24, 2.45) is 0 Å². The first kappa shape index (κ1) is 16.4. The van der Waals surface area contributed by atoms with Crippen LogP contribution in [-0.4, -0.2) is 25.5 Å². The van der Waals surface area contributed by atoms with E-state index in [2.05, 4.69) is 20.7 Å². The number of carboxylic acids is 1. The highest BCUT2D eigenvalue weighted by molar-refractivity contribution is 9.10. The average molecular weight is 371 g/mol. The van der Waals surface area contributed by atoms with Gasteiger partial charge in [0.25, 0.3) is 0 Å². The van der Waals surface area contributed by atoms with Gasteiger partial charge in [-0.05, 0) is 34.5 Å². The van der Waals surface area contributed by atoms with Crippen molar-refractivity contribution in [3.63, 3.8) is 0 Å². The van der Waals surface area contributed by atoms with Crippen molar-refractivity contribution < 1.29 is 18.3 Å². The second-order valence-corrected chi connectivity index (χ2v) is 6.76. The molecule has 0 amide bonds. The molecule has 8 heteroatoms. The molecule has 2 N–H and O–H groups in total. The molecule has 106 valence electrons. The Morgan fingerprint density at radius 1 is 1.53 bits per heavy atom. The molecular formula is C11H13BrClNO4S. The Hall–Kier alpha value is -0.630. The molecule has 5 nitrogen and oxygen atoms in total. The molecule has 0 aliphatic carbocycles. The maximum Gasteiger partial charge on any atom is 0.321 e. The second kappa shape index (κ2) is 6.69. The van der Waals surface area contributed by atoms with Crippen LogP contribution in [-0.2, 0) is 14.8 Å². The molecule has 1 aromatic rings. The van der Waals surface area contributed by atoms with E-state index in [1.54, 1.807) is 13.0 Å². The molecule has 0 bridgehead atoms. The van der Waals surface area contributed by atoms with Gasteiger partial charge in [0.05, 0.1) is 5.02 Å². The maximum absolute atomic E-state index is 12.2. The molecule has 0 aliphatic heterocycles. The molecule has 1 rings (SSSR count). The minimum Gasteiger partial charge on any atom is -0.480 e. The number of halogens is 2. The Kier molecular flexibility index (Phi) is 5.79. The minimum absolute atomic E-state index is 0.0301. The Bertz CT molecular complexity index is 556. The summed E-state index contributed by atoms with van der Waals surface area (Å²) in [5.41, 5.74) is 0. The third-order valence-electron chi connectivity index (χ3n) is 2.36. The first-order chi connectivity index (χ1) is 8.79. The Balaban J connectivity index is 3.14. The summed E-state index contributed by atoms with van der Waals surface area (Å²) in [6.07, 6.45) is 0.750. The topological polar surface area (TPSA) is 83.5 Å². The molecule has 0 radical (unpaired) electrons. The molecule has 0 spiro atoms. The largest absolute Gasteiger partial charge is 0.480 e. The molecule has 0 saturated carbocycles. The monoisotopic (exact) mass is 369 g/mol. The third kappa shape index (κ3) is 4.17. The van der Waals surface area contributed by atoms with Crippen LogP contribution in [0.25, 0.3) is 0 Å². The molecule has 0 unspecified atom stereocenters. The van der Waals surface area contributed by atoms with Gasteiger partial charge in [0.1, 0.15) is 10.9 Å². The van der Waals surface area contributed by atoms with Gasteiger partial charge in [0.2, 0.25) is 10.0 Å². The summed E-state index contributed by atoms with van der Waals surface area (Å²) in [6, 6.07) is 3.37. The van der Waals surface area contributed by atoms with Crippen molar-refractivity contribution in [1.82, 2.24) is 4.72 Å². The molecule has 1 aromatic carbocycles. The predicted molar refractivity (Wildman–Crippen MR) is 75.8 cm³/mol. The number of carbonyl (C=O) groups is 1. The fourth-order valence-corrected chi connectivity index (χ4v) is 4.47. The summed E-state index contributed by atoms with van der Waals surface area (Å²) < 4.78 is 26.8. The Morgan fingerprint density at radius 3 is 2.63 bits per heavy atom. The van der Waals surface area contributed by atoms with Crippen LogP contribution in [0.3, 0.4) is 0 Å². The SMILES string of the molecule is CCC[C@H](NS(=O)(=O)c1c(Cl)cccc1Br)C(=O)O. The summed E-state index contributed by atoms with van der Waals surface area (Å²) in [5.74, 6) is -1.21. The number of hydrogen-bond acceptors (Lipinski definition) is 3. The number of sulfonamides is 1. The Morgan fingerprint density at radius 2 is 2.16 bits per heavy atom. The van der Waals surface area contributed by atoms with E-state index in [1.165, 1.54) is 12.1 Å². The van der Waals surface area contributed by atoms with Crippen molar-refractivity contribution in [3.05, 3.63) is 27.7 Å². The lowest BCUT2D eigenvalue weighted by molar-refractivity contribution is -0.139. The van der Waals surface area contributed by atoms with Crippen molar-refractivity contribution in [2.45, 2.75) is 30.7 Å². The zero-order chi connectivity index (χ0) is 14.6. The van der Waals surface area contributed by atoms with Gasteiger partial charge in [-0.25, -0.2) is 8.42 Å². The lowest BCUT2D eigenvalue weighted by atomic mass is 10.2. The van der Waals surface area contributed by atoms with Crippen LogP contribution in [0.5, 0.6) is 0 Å². The van der Waals surface area contributed by atoms with E-state index in [-0.39, 0.29) is 20.8 Å². The van der Waals surface area contributed by atoms with Crippen molar-refractivity contribution in [1.29, 1.82) is 0 Å². The number of nitrogens with one attached hydrogen (secondary N) is 1. The maximum atomic E-state index is 12.2. The smallest absolute Gasteiger partial charge is 0.321 e. The summed E-state index contributed by atoms with van der Waals surface area (Å²) in [6.45, 7) is 1.77. The normalized spacial score (nSPS) is 13.2. The highest BCUT2D eigenvalue weighted by Gasteiger charge is 2.27. The fourth-order valence-electron chi connectivity index (χ4n) is 1.51. The number of aliphatic carboxylic acids is 1. The van der Waals surface area contributed by atoms with E-state index in [9.17, 15) is 13.2 Å². The zero-order valence-electron chi connectivity index (χ0n) is 10.1. The predicted octanol–water partition coefficient (Wildman–Crippen LogP) is 2.63. The first-order valence-electron chi connectivity index (χ1n) is 5.48. The standard InChI is InChI=1S/C11H13BrClNO4S/c1-2-4-9(11(15)16)14-19(17,18)10-7(12)5-3-6-8(10)13/h3,5-6,9,14H,2,4H2,1H3,(H,15,16)/t9-/m0/s1. The molecule has 1 atom stereocenters. The van der Waals surface area contributed by atoms with Gasteiger partial charge in [-0.2, -0.15) is 4.72 Å². The summed E-state index contributed by atoms with van der Waals surface area (Å²) in [4.78, 5) is 10.8. The lowest BCUT2D eigenvalue weighted by Gasteiger charge is -2.15. The van der Waals surface area contributed by atoms with Crippen molar-refractivity contribution in [3.8, 4) is 0 Å². The number of hydrogen-bond donors (Lipinski definition) is 2. The van der Waals surface area contributed by atoms with Crippen molar-refractivity contribution in [2.75, 3.05) is 0 Å².